The molecule has 3 aromatic rings. The highest BCUT2D eigenvalue weighted by Gasteiger charge is 2.21. The topological polar surface area (TPSA) is 59.7 Å². The van der Waals surface area contributed by atoms with Crippen LogP contribution in [0.25, 0.3) is 11.4 Å². The molecule has 3 aromatic heterocycles. The van der Waals surface area contributed by atoms with Gasteiger partial charge in [-0.2, -0.15) is 0 Å². The Morgan fingerprint density at radius 1 is 1.08 bits per heavy atom. The summed E-state index contributed by atoms with van der Waals surface area (Å²) in [6.45, 7) is 2.04. The molecular formula is C19H22N6. The first kappa shape index (κ1) is 15.7. The van der Waals surface area contributed by atoms with E-state index in [1.807, 2.05) is 48.8 Å². The average Bonchev–Trinajstić information content (AvgIpc) is 3.09. The van der Waals surface area contributed by atoms with Gasteiger partial charge in [-0.25, -0.2) is 15.0 Å². The summed E-state index contributed by atoms with van der Waals surface area (Å²) in [5.74, 6) is 1.55. The van der Waals surface area contributed by atoms with Gasteiger partial charge >= 0.3 is 0 Å². The van der Waals surface area contributed by atoms with Gasteiger partial charge in [0.1, 0.15) is 0 Å². The van der Waals surface area contributed by atoms with E-state index < -0.39 is 0 Å². The second kappa shape index (κ2) is 7.01. The number of rotatable bonds is 4. The Hall–Kier alpha value is -2.76. The third-order valence-corrected chi connectivity index (χ3v) is 4.88. The van der Waals surface area contributed by atoms with Gasteiger partial charge in [-0.15, -0.1) is 0 Å². The Morgan fingerprint density at radius 2 is 1.88 bits per heavy atom. The predicted molar refractivity (Wildman–Crippen MR) is 97.1 cm³/mol. The summed E-state index contributed by atoms with van der Waals surface area (Å²) in [6.07, 6.45) is 12.6. The summed E-state index contributed by atoms with van der Waals surface area (Å²) < 4.78 is 2.00. The van der Waals surface area contributed by atoms with Crippen LogP contribution in [0.1, 0.15) is 18.4 Å². The predicted octanol–water partition coefficient (Wildman–Crippen LogP) is 2.73. The highest BCUT2D eigenvalue weighted by Crippen LogP contribution is 2.25. The monoisotopic (exact) mass is 334 g/mol. The van der Waals surface area contributed by atoms with Crippen LogP contribution in [0.5, 0.6) is 0 Å². The zero-order valence-electron chi connectivity index (χ0n) is 14.4. The Balaban J connectivity index is 1.40. The van der Waals surface area contributed by atoms with E-state index in [9.17, 15) is 0 Å². The Labute approximate surface area is 147 Å². The lowest BCUT2D eigenvalue weighted by molar-refractivity contribution is 0.400. The van der Waals surface area contributed by atoms with Gasteiger partial charge in [-0.1, -0.05) is 0 Å². The fourth-order valence-electron chi connectivity index (χ4n) is 3.47. The van der Waals surface area contributed by atoms with Crippen LogP contribution in [0.15, 0.2) is 49.3 Å². The molecule has 6 nitrogen and oxygen atoms in total. The number of aryl methyl sites for hydroxylation is 1. The molecule has 4 rings (SSSR count). The molecule has 1 aliphatic heterocycles. The largest absolute Gasteiger partial charge is 0.341 e. The first-order valence-corrected chi connectivity index (χ1v) is 8.73. The first-order chi connectivity index (χ1) is 12.3. The quantitative estimate of drug-likeness (QED) is 0.734. The number of anilines is 1. The van der Waals surface area contributed by atoms with Crippen molar-refractivity contribution in [1.82, 2.24) is 24.5 Å². The fourth-order valence-corrected chi connectivity index (χ4v) is 3.47. The maximum atomic E-state index is 4.50. The summed E-state index contributed by atoms with van der Waals surface area (Å²) in [6, 6.07) is 6.19. The number of hydrogen-bond acceptors (Lipinski definition) is 5. The number of aromatic nitrogens is 5. The second-order valence-electron chi connectivity index (χ2n) is 6.62. The van der Waals surface area contributed by atoms with Crippen LogP contribution in [-0.2, 0) is 13.5 Å². The van der Waals surface area contributed by atoms with Gasteiger partial charge in [-0.3, -0.25) is 4.98 Å². The van der Waals surface area contributed by atoms with E-state index in [2.05, 4.69) is 37.0 Å². The molecule has 0 aromatic carbocycles. The third-order valence-electron chi connectivity index (χ3n) is 4.88. The van der Waals surface area contributed by atoms with Crippen LogP contribution in [0.4, 0.5) is 5.95 Å². The lowest BCUT2D eigenvalue weighted by atomic mass is 9.90. The molecule has 0 atom stereocenters. The van der Waals surface area contributed by atoms with E-state index in [1.165, 1.54) is 18.4 Å². The van der Waals surface area contributed by atoms with Crippen molar-refractivity contribution in [3.8, 4) is 11.4 Å². The highest BCUT2D eigenvalue weighted by molar-refractivity contribution is 5.54. The Bertz CT molecular complexity index is 821. The van der Waals surface area contributed by atoms with Gasteiger partial charge in [0, 0.05) is 38.7 Å². The van der Waals surface area contributed by atoms with E-state index in [1.54, 1.807) is 0 Å². The minimum atomic E-state index is 0.696. The van der Waals surface area contributed by atoms with Gasteiger partial charge in [-0.05, 0) is 48.9 Å². The van der Waals surface area contributed by atoms with Gasteiger partial charge in [0.15, 0.2) is 0 Å². The van der Waals surface area contributed by atoms with Gasteiger partial charge in [0.2, 0.25) is 5.95 Å². The molecule has 0 spiro atoms. The molecule has 0 amide bonds. The Kier molecular flexibility index (Phi) is 4.41. The van der Waals surface area contributed by atoms with Crippen molar-refractivity contribution < 1.29 is 0 Å². The summed E-state index contributed by atoms with van der Waals surface area (Å²) in [5, 5.41) is 0. The van der Waals surface area contributed by atoms with Crippen LogP contribution in [-0.4, -0.2) is 37.6 Å². The second-order valence-corrected chi connectivity index (χ2v) is 6.62. The van der Waals surface area contributed by atoms with Crippen LogP contribution in [0.3, 0.4) is 0 Å². The highest BCUT2D eigenvalue weighted by atomic mass is 15.2. The molecule has 0 radical (unpaired) electrons. The normalized spacial score (nSPS) is 15.5. The summed E-state index contributed by atoms with van der Waals surface area (Å²) in [4.78, 5) is 19.7. The maximum absolute atomic E-state index is 4.50. The number of pyridine rings is 1. The molecule has 25 heavy (non-hydrogen) atoms. The maximum Gasteiger partial charge on any atom is 0.225 e. The third kappa shape index (κ3) is 3.52. The molecule has 1 aliphatic rings. The molecular weight excluding hydrogens is 312 g/mol. The van der Waals surface area contributed by atoms with Crippen molar-refractivity contribution in [3.63, 3.8) is 0 Å². The van der Waals surface area contributed by atoms with Crippen LogP contribution >= 0.6 is 0 Å². The van der Waals surface area contributed by atoms with Crippen molar-refractivity contribution in [2.45, 2.75) is 19.3 Å². The Morgan fingerprint density at radius 3 is 2.60 bits per heavy atom. The molecule has 0 saturated carbocycles. The zero-order chi connectivity index (χ0) is 17.1. The van der Waals surface area contributed by atoms with E-state index >= 15 is 0 Å². The van der Waals surface area contributed by atoms with Gasteiger partial charge in [0.25, 0.3) is 0 Å². The number of nitrogens with zero attached hydrogens (tertiary/aromatic N) is 6. The van der Waals surface area contributed by atoms with Crippen LogP contribution in [0, 0.1) is 5.92 Å². The van der Waals surface area contributed by atoms with Crippen molar-refractivity contribution in [3.05, 3.63) is 54.9 Å². The van der Waals surface area contributed by atoms with E-state index in [4.69, 9.17) is 0 Å². The molecule has 0 N–H and O–H groups in total. The minimum absolute atomic E-state index is 0.696. The van der Waals surface area contributed by atoms with Gasteiger partial charge < -0.3 is 9.47 Å². The summed E-state index contributed by atoms with van der Waals surface area (Å²) >= 11 is 0. The van der Waals surface area contributed by atoms with Crippen molar-refractivity contribution in [1.29, 1.82) is 0 Å². The minimum Gasteiger partial charge on any atom is -0.341 e. The van der Waals surface area contributed by atoms with Gasteiger partial charge in [0.05, 0.1) is 23.9 Å². The lowest BCUT2D eigenvalue weighted by Gasteiger charge is -2.32. The number of imidazole rings is 1. The molecule has 1 fully saturated rings. The molecule has 1 saturated heterocycles. The molecule has 0 aliphatic carbocycles. The van der Waals surface area contributed by atoms with Crippen LogP contribution in [0.2, 0.25) is 0 Å². The van der Waals surface area contributed by atoms with E-state index in [0.717, 1.165) is 36.8 Å². The molecule has 0 bridgehead atoms. The standard InChI is InChI=1S/C19H22N6/c1-24-14-20-13-18(24)17-12-16(3-8-21-17)11-15-4-9-25(10-5-15)19-22-6-2-7-23-19/h2-3,6-8,12-15H,4-5,9-11H2,1H3. The summed E-state index contributed by atoms with van der Waals surface area (Å²) in [5.41, 5.74) is 3.39. The van der Waals surface area contributed by atoms with Crippen molar-refractivity contribution in [2.24, 2.45) is 13.0 Å². The molecule has 6 heteroatoms. The SMILES string of the molecule is Cn1cncc1-c1cc(CC2CCN(c3ncccn3)CC2)ccn1. The smallest absolute Gasteiger partial charge is 0.225 e. The van der Waals surface area contributed by atoms with Crippen molar-refractivity contribution >= 4 is 5.95 Å². The average molecular weight is 334 g/mol. The van der Waals surface area contributed by atoms with E-state index in [0.29, 0.717) is 5.92 Å². The van der Waals surface area contributed by atoms with Crippen molar-refractivity contribution in [2.75, 3.05) is 18.0 Å². The lowest BCUT2D eigenvalue weighted by Crippen LogP contribution is -2.35. The first-order valence-electron chi connectivity index (χ1n) is 8.73. The molecule has 4 heterocycles. The van der Waals surface area contributed by atoms with E-state index in [-0.39, 0.29) is 0 Å². The fraction of sp³-hybridized carbons (Fsp3) is 0.368. The number of piperidine rings is 1. The summed E-state index contributed by atoms with van der Waals surface area (Å²) in [7, 11) is 2.00. The zero-order valence-corrected chi connectivity index (χ0v) is 14.4. The molecule has 0 unspecified atom stereocenters. The van der Waals surface area contributed by atoms with Crippen LogP contribution < -0.4 is 4.90 Å². The number of hydrogen-bond donors (Lipinski definition) is 0. The molecule has 128 valence electrons.